The Kier molecular flexibility index (Phi) is 8.23. The minimum absolute atomic E-state index is 0.0967. The largest absolute Gasteiger partial charge is 0.352 e. The number of likely N-dealkylation sites (N-methyl/N-ethyl adjacent to an activating group) is 1. The molecule has 0 aromatic heterocycles. The molecule has 6 nitrogen and oxygen atoms in total. The van der Waals surface area contributed by atoms with Crippen molar-refractivity contribution in [2.24, 2.45) is 0 Å². The van der Waals surface area contributed by atoms with Gasteiger partial charge in [0.2, 0.25) is 0 Å². The number of carbonyl (C=O) groups is 1. The van der Waals surface area contributed by atoms with E-state index >= 15 is 0 Å². The van der Waals surface area contributed by atoms with Crippen LogP contribution in [0.1, 0.15) is 29.3 Å². The highest BCUT2D eigenvalue weighted by Crippen LogP contribution is 2.13. The summed E-state index contributed by atoms with van der Waals surface area (Å²) in [6, 6.07) is 13.5. The summed E-state index contributed by atoms with van der Waals surface area (Å²) in [6.45, 7) is 5.37. The molecule has 0 saturated carbocycles. The summed E-state index contributed by atoms with van der Waals surface area (Å²) < 4.78 is 0. The van der Waals surface area contributed by atoms with Gasteiger partial charge in [0, 0.05) is 35.8 Å². The number of non-ortho nitro benzene ring substituents is 1. The molecule has 7 heteroatoms. The van der Waals surface area contributed by atoms with E-state index in [4.69, 9.17) is 11.6 Å². The molecule has 2 aromatic carbocycles. The lowest BCUT2D eigenvalue weighted by molar-refractivity contribution is -0.384. The van der Waals surface area contributed by atoms with Crippen molar-refractivity contribution in [1.82, 2.24) is 10.2 Å². The van der Waals surface area contributed by atoms with Crippen molar-refractivity contribution >= 4 is 23.2 Å². The van der Waals surface area contributed by atoms with E-state index in [1.807, 2.05) is 0 Å². The fourth-order valence-corrected chi connectivity index (χ4v) is 2.83. The van der Waals surface area contributed by atoms with Crippen LogP contribution in [0.25, 0.3) is 0 Å². The van der Waals surface area contributed by atoms with Crippen molar-refractivity contribution in [2.75, 3.05) is 26.2 Å². The van der Waals surface area contributed by atoms with Crippen molar-refractivity contribution in [1.29, 1.82) is 0 Å². The molecule has 0 atom stereocenters. The number of amides is 1. The van der Waals surface area contributed by atoms with E-state index in [0.29, 0.717) is 17.1 Å². The second-order valence-corrected chi connectivity index (χ2v) is 6.66. The number of hydrogen-bond acceptors (Lipinski definition) is 4. The summed E-state index contributed by atoms with van der Waals surface area (Å²) in [5.41, 5.74) is 1.79. The summed E-state index contributed by atoms with van der Waals surface area (Å²) in [5, 5.41) is 14.2. The summed E-state index contributed by atoms with van der Waals surface area (Å²) in [6.07, 6.45) is 1.69. The molecular weight excluding hydrogens is 366 g/mol. The predicted molar refractivity (Wildman–Crippen MR) is 107 cm³/mol. The number of hydrogen-bond donors (Lipinski definition) is 1. The molecule has 0 aliphatic rings. The smallest absolute Gasteiger partial charge is 0.269 e. The van der Waals surface area contributed by atoms with Crippen LogP contribution in [0.2, 0.25) is 5.02 Å². The van der Waals surface area contributed by atoms with Gasteiger partial charge >= 0.3 is 0 Å². The quantitative estimate of drug-likeness (QED) is 0.379. The Bertz CT molecular complexity index is 748. The van der Waals surface area contributed by atoms with Gasteiger partial charge in [-0.05, 0) is 55.8 Å². The highest BCUT2D eigenvalue weighted by molar-refractivity contribution is 6.30. The highest BCUT2D eigenvalue weighted by Gasteiger charge is 2.07. The Labute approximate surface area is 164 Å². The maximum absolute atomic E-state index is 12.0. The Hall–Kier alpha value is -2.44. The van der Waals surface area contributed by atoms with E-state index in [-0.39, 0.29) is 16.5 Å². The molecule has 0 radical (unpaired) electrons. The van der Waals surface area contributed by atoms with Crippen LogP contribution in [0, 0.1) is 10.1 Å². The zero-order valence-electron chi connectivity index (χ0n) is 15.4. The van der Waals surface area contributed by atoms with Crippen LogP contribution in [-0.4, -0.2) is 41.9 Å². The van der Waals surface area contributed by atoms with Crippen molar-refractivity contribution in [3.8, 4) is 0 Å². The van der Waals surface area contributed by atoms with Gasteiger partial charge in [-0.15, -0.1) is 0 Å². The van der Waals surface area contributed by atoms with Crippen molar-refractivity contribution < 1.29 is 9.72 Å². The van der Waals surface area contributed by atoms with Gasteiger partial charge in [-0.2, -0.15) is 0 Å². The average molecular weight is 390 g/mol. The Balaban J connectivity index is 1.69. The van der Waals surface area contributed by atoms with Crippen LogP contribution >= 0.6 is 11.6 Å². The van der Waals surface area contributed by atoms with Gasteiger partial charge in [0.05, 0.1) is 4.92 Å². The number of nitro benzene ring substituents is 1. The maximum atomic E-state index is 12.0. The van der Waals surface area contributed by atoms with E-state index in [2.05, 4.69) is 17.1 Å². The number of nitrogens with zero attached hydrogens (tertiary/aromatic N) is 2. The summed E-state index contributed by atoms with van der Waals surface area (Å²) >= 11 is 5.82. The SMILES string of the molecule is CCN(CCCNC(=O)c1ccc(Cl)cc1)CCc1ccc([N+](=O)[O-])cc1. The first-order chi connectivity index (χ1) is 13.0. The third-order valence-electron chi connectivity index (χ3n) is 4.35. The van der Waals surface area contributed by atoms with E-state index in [1.54, 1.807) is 36.4 Å². The topological polar surface area (TPSA) is 75.5 Å². The van der Waals surface area contributed by atoms with E-state index in [1.165, 1.54) is 12.1 Å². The summed E-state index contributed by atoms with van der Waals surface area (Å²) in [7, 11) is 0. The predicted octanol–water partition coefficient (Wildman–Crippen LogP) is 3.93. The van der Waals surface area contributed by atoms with Crippen molar-refractivity contribution in [3.05, 3.63) is 74.8 Å². The number of carbonyl (C=O) groups excluding carboxylic acids is 1. The van der Waals surface area contributed by atoms with Crippen LogP contribution in [0.3, 0.4) is 0 Å². The van der Waals surface area contributed by atoms with Crippen molar-refractivity contribution in [2.45, 2.75) is 19.8 Å². The number of nitrogens with one attached hydrogen (secondary N) is 1. The third kappa shape index (κ3) is 7.00. The molecule has 1 N–H and O–H groups in total. The molecule has 0 unspecified atom stereocenters. The highest BCUT2D eigenvalue weighted by atomic mass is 35.5. The van der Waals surface area contributed by atoms with E-state index in [0.717, 1.165) is 38.0 Å². The van der Waals surface area contributed by atoms with Gasteiger partial charge in [-0.3, -0.25) is 14.9 Å². The van der Waals surface area contributed by atoms with Gasteiger partial charge < -0.3 is 10.2 Å². The second-order valence-electron chi connectivity index (χ2n) is 6.22. The van der Waals surface area contributed by atoms with Crippen LogP contribution in [0.5, 0.6) is 0 Å². The Morgan fingerprint density at radius 1 is 1.11 bits per heavy atom. The molecule has 0 aliphatic heterocycles. The van der Waals surface area contributed by atoms with Gasteiger partial charge in [0.1, 0.15) is 0 Å². The molecule has 0 spiro atoms. The molecule has 144 valence electrons. The average Bonchev–Trinajstić information content (AvgIpc) is 2.68. The first kappa shape index (κ1) is 20.9. The monoisotopic (exact) mass is 389 g/mol. The van der Waals surface area contributed by atoms with Crippen LogP contribution in [-0.2, 0) is 6.42 Å². The van der Waals surface area contributed by atoms with E-state index in [9.17, 15) is 14.9 Å². The third-order valence-corrected chi connectivity index (χ3v) is 4.61. The minimum Gasteiger partial charge on any atom is -0.352 e. The molecule has 0 bridgehead atoms. The Morgan fingerprint density at radius 3 is 2.37 bits per heavy atom. The first-order valence-corrected chi connectivity index (χ1v) is 9.37. The lowest BCUT2D eigenvalue weighted by Gasteiger charge is -2.20. The molecule has 0 aliphatic carbocycles. The molecule has 2 aromatic rings. The maximum Gasteiger partial charge on any atom is 0.269 e. The molecule has 27 heavy (non-hydrogen) atoms. The van der Waals surface area contributed by atoms with Gasteiger partial charge in [0.15, 0.2) is 0 Å². The second kappa shape index (κ2) is 10.6. The van der Waals surface area contributed by atoms with Crippen LogP contribution < -0.4 is 5.32 Å². The van der Waals surface area contributed by atoms with Gasteiger partial charge in [-0.1, -0.05) is 30.7 Å². The number of nitro groups is 1. The molecule has 0 saturated heterocycles. The molecular formula is C20H24ClN3O3. The fourth-order valence-electron chi connectivity index (χ4n) is 2.71. The van der Waals surface area contributed by atoms with Crippen molar-refractivity contribution in [3.63, 3.8) is 0 Å². The standard InChI is InChI=1S/C20H24ClN3O3/c1-2-23(15-12-16-4-10-19(11-5-16)24(26)27)14-3-13-22-20(25)17-6-8-18(21)9-7-17/h4-11H,2-3,12-15H2,1H3,(H,22,25). The zero-order chi connectivity index (χ0) is 19.6. The summed E-state index contributed by atoms with van der Waals surface area (Å²) in [5.74, 6) is -0.0967. The fraction of sp³-hybridized carbons (Fsp3) is 0.350. The minimum atomic E-state index is -0.388. The number of halogens is 1. The first-order valence-electron chi connectivity index (χ1n) is 8.99. The zero-order valence-corrected chi connectivity index (χ0v) is 16.1. The summed E-state index contributed by atoms with van der Waals surface area (Å²) in [4.78, 5) is 24.6. The lowest BCUT2D eigenvalue weighted by Crippen LogP contribution is -2.31. The normalized spacial score (nSPS) is 10.8. The van der Waals surface area contributed by atoms with Gasteiger partial charge in [-0.25, -0.2) is 0 Å². The number of benzene rings is 2. The lowest BCUT2D eigenvalue weighted by atomic mass is 10.1. The van der Waals surface area contributed by atoms with E-state index < -0.39 is 0 Å². The molecule has 0 fully saturated rings. The molecule has 0 heterocycles. The van der Waals surface area contributed by atoms with Crippen LogP contribution in [0.15, 0.2) is 48.5 Å². The number of rotatable bonds is 10. The Morgan fingerprint density at radius 2 is 1.78 bits per heavy atom. The molecule has 1 amide bonds. The van der Waals surface area contributed by atoms with Crippen LogP contribution in [0.4, 0.5) is 5.69 Å². The van der Waals surface area contributed by atoms with Gasteiger partial charge in [0.25, 0.3) is 11.6 Å². The molecule has 2 rings (SSSR count).